The van der Waals surface area contributed by atoms with E-state index in [9.17, 15) is 8.78 Å². The molecular weight excluding hydrogens is 290 g/mol. The first-order valence-corrected chi connectivity index (χ1v) is 7.44. The minimum atomic E-state index is -0.801. The van der Waals surface area contributed by atoms with Crippen LogP contribution in [0.15, 0.2) is 18.6 Å². The van der Waals surface area contributed by atoms with Gasteiger partial charge < -0.3 is 4.74 Å². The summed E-state index contributed by atoms with van der Waals surface area (Å²) in [4.78, 5) is 14.1. The minimum Gasteiger partial charge on any atom is -0.461 e. The SMILES string of the molecule is Fc1cncc2cnc(OC[C@@]34CCCN3C[C@H](F)C4)nc12. The zero-order valence-corrected chi connectivity index (χ0v) is 12.0. The van der Waals surface area contributed by atoms with E-state index in [2.05, 4.69) is 19.9 Å². The number of fused-ring (bicyclic) bond motifs is 2. The standard InChI is InChI=1S/C15H16F2N4O/c16-11-4-15(2-1-3-21(15)8-11)9-22-14-19-6-10-5-18-7-12(17)13(10)20-14/h5-7,11H,1-4,8-9H2/t11-,15+/m1/s1. The van der Waals surface area contributed by atoms with Gasteiger partial charge in [-0.15, -0.1) is 0 Å². The Kier molecular flexibility index (Phi) is 3.18. The molecule has 0 unspecified atom stereocenters. The predicted octanol–water partition coefficient (Wildman–Crippen LogP) is 2.12. The van der Waals surface area contributed by atoms with Gasteiger partial charge in [0.05, 0.1) is 11.7 Å². The lowest BCUT2D eigenvalue weighted by Gasteiger charge is -2.30. The molecule has 0 amide bonds. The van der Waals surface area contributed by atoms with Crippen molar-refractivity contribution in [3.05, 3.63) is 24.4 Å². The fraction of sp³-hybridized carbons (Fsp3) is 0.533. The van der Waals surface area contributed by atoms with Crippen LogP contribution in [0.2, 0.25) is 0 Å². The normalized spacial score (nSPS) is 28.2. The maximum atomic E-state index is 13.7. The number of aromatic nitrogens is 3. The Morgan fingerprint density at radius 1 is 1.36 bits per heavy atom. The van der Waals surface area contributed by atoms with Crippen LogP contribution < -0.4 is 4.74 Å². The molecule has 0 bridgehead atoms. The van der Waals surface area contributed by atoms with E-state index in [1.54, 1.807) is 0 Å². The molecule has 2 fully saturated rings. The average Bonchev–Trinajstić information content (AvgIpc) is 3.01. The van der Waals surface area contributed by atoms with E-state index in [1.807, 2.05) is 0 Å². The molecule has 0 radical (unpaired) electrons. The highest BCUT2D eigenvalue weighted by molar-refractivity contribution is 5.77. The number of hydrogen-bond acceptors (Lipinski definition) is 5. The molecule has 2 aliphatic heterocycles. The topological polar surface area (TPSA) is 51.1 Å². The molecule has 0 saturated carbocycles. The molecule has 2 aromatic heterocycles. The number of nitrogens with zero attached hydrogens (tertiary/aromatic N) is 4. The van der Waals surface area contributed by atoms with Gasteiger partial charge in [-0.05, 0) is 19.4 Å². The van der Waals surface area contributed by atoms with E-state index in [-0.39, 0.29) is 17.1 Å². The molecule has 5 nitrogen and oxygen atoms in total. The molecule has 4 heterocycles. The Bertz CT molecular complexity index is 713. The fourth-order valence-corrected chi connectivity index (χ4v) is 3.62. The van der Waals surface area contributed by atoms with E-state index < -0.39 is 12.0 Å². The summed E-state index contributed by atoms with van der Waals surface area (Å²) in [6, 6.07) is 0.126. The van der Waals surface area contributed by atoms with Crippen LogP contribution in [0.25, 0.3) is 10.9 Å². The lowest BCUT2D eigenvalue weighted by atomic mass is 9.95. The number of hydrogen-bond donors (Lipinski definition) is 0. The van der Waals surface area contributed by atoms with Crippen LogP contribution >= 0.6 is 0 Å². The average molecular weight is 306 g/mol. The summed E-state index contributed by atoms with van der Waals surface area (Å²) in [5.74, 6) is -0.505. The van der Waals surface area contributed by atoms with Crippen molar-refractivity contribution < 1.29 is 13.5 Å². The van der Waals surface area contributed by atoms with Gasteiger partial charge in [0.25, 0.3) is 0 Å². The number of rotatable bonds is 3. The second kappa shape index (κ2) is 5.08. The quantitative estimate of drug-likeness (QED) is 0.869. The molecule has 2 atom stereocenters. The van der Waals surface area contributed by atoms with Gasteiger partial charge in [0, 0.05) is 30.7 Å². The Balaban J connectivity index is 1.55. The van der Waals surface area contributed by atoms with E-state index in [4.69, 9.17) is 4.74 Å². The van der Waals surface area contributed by atoms with Gasteiger partial charge in [-0.25, -0.2) is 13.8 Å². The van der Waals surface area contributed by atoms with Crippen molar-refractivity contribution in [1.29, 1.82) is 0 Å². The summed E-state index contributed by atoms with van der Waals surface area (Å²) in [6.07, 6.45) is 5.76. The van der Waals surface area contributed by atoms with Crippen molar-refractivity contribution in [2.24, 2.45) is 0 Å². The highest BCUT2D eigenvalue weighted by Crippen LogP contribution is 2.40. The van der Waals surface area contributed by atoms with E-state index in [0.29, 0.717) is 25.0 Å². The lowest BCUT2D eigenvalue weighted by Crippen LogP contribution is -2.43. The highest BCUT2D eigenvalue weighted by atomic mass is 19.1. The van der Waals surface area contributed by atoms with E-state index >= 15 is 0 Å². The predicted molar refractivity (Wildman–Crippen MR) is 75.8 cm³/mol. The minimum absolute atomic E-state index is 0.126. The summed E-state index contributed by atoms with van der Waals surface area (Å²) in [5, 5.41) is 0.526. The van der Waals surface area contributed by atoms with Crippen molar-refractivity contribution in [3.63, 3.8) is 0 Å². The van der Waals surface area contributed by atoms with Crippen molar-refractivity contribution in [3.8, 4) is 6.01 Å². The van der Waals surface area contributed by atoms with Crippen LogP contribution in [0.1, 0.15) is 19.3 Å². The molecule has 2 saturated heterocycles. The number of ether oxygens (including phenoxy) is 1. The lowest BCUT2D eigenvalue weighted by molar-refractivity contribution is 0.107. The van der Waals surface area contributed by atoms with Crippen molar-refractivity contribution in [1.82, 2.24) is 19.9 Å². The number of pyridine rings is 1. The van der Waals surface area contributed by atoms with Gasteiger partial charge in [0.15, 0.2) is 5.82 Å². The molecule has 22 heavy (non-hydrogen) atoms. The Hall–Kier alpha value is -1.89. The largest absolute Gasteiger partial charge is 0.461 e. The van der Waals surface area contributed by atoms with Gasteiger partial charge in [-0.1, -0.05) is 0 Å². The first-order chi connectivity index (χ1) is 10.7. The first kappa shape index (κ1) is 13.8. The van der Waals surface area contributed by atoms with Crippen LogP contribution in [-0.2, 0) is 0 Å². The van der Waals surface area contributed by atoms with Gasteiger partial charge in [0.1, 0.15) is 18.3 Å². The van der Waals surface area contributed by atoms with Crippen LogP contribution in [0.3, 0.4) is 0 Å². The second-order valence-electron chi connectivity index (χ2n) is 6.08. The summed E-state index contributed by atoms with van der Waals surface area (Å²) in [7, 11) is 0. The maximum Gasteiger partial charge on any atom is 0.317 e. The van der Waals surface area contributed by atoms with Gasteiger partial charge in [0.2, 0.25) is 0 Å². The molecule has 0 aromatic carbocycles. The summed E-state index contributed by atoms with van der Waals surface area (Å²) >= 11 is 0. The zero-order valence-electron chi connectivity index (χ0n) is 12.0. The molecule has 7 heteroatoms. The molecule has 0 spiro atoms. The third-order valence-electron chi connectivity index (χ3n) is 4.65. The van der Waals surface area contributed by atoms with Gasteiger partial charge in [-0.2, -0.15) is 4.98 Å². The molecule has 2 aliphatic rings. The van der Waals surface area contributed by atoms with Crippen LogP contribution in [0.4, 0.5) is 8.78 Å². The van der Waals surface area contributed by atoms with Gasteiger partial charge in [-0.3, -0.25) is 9.88 Å². The Morgan fingerprint density at radius 3 is 3.18 bits per heavy atom. The second-order valence-corrected chi connectivity index (χ2v) is 6.08. The monoisotopic (exact) mass is 306 g/mol. The maximum absolute atomic E-state index is 13.7. The summed E-state index contributed by atoms with van der Waals surface area (Å²) in [5.41, 5.74) is -0.0651. The zero-order chi connectivity index (χ0) is 15.2. The summed E-state index contributed by atoms with van der Waals surface area (Å²) < 4.78 is 33.1. The number of alkyl halides is 1. The third-order valence-corrected chi connectivity index (χ3v) is 4.65. The molecule has 2 aromatic rings. The smallest absolute Gasteiger partial charge is 0.317 e. The van der Waals surface area contributed by atoms with Crippen LogP contribution in [0.5, 0.6) is 6.01 Å². The molecule has 4 rings (SSSR count). The molecule has 0 aliphatic carbocycles. The molecular formula is C15H16F2N4O. The molecule has 0 N–H and O–H groups in total. The third kappa shape index (κ3) is 2.20. The highest BCUT2D eigenvalue weighted by Gasteiger charge is 2.49. The number of halogens is 2. The van der Waals surface area contributed by atoms with Crippen molar-refractivity contribution in [2.45, 2.75) is 31.0 Å². The van der Waals surface area contributed by atoms with Crippen LogP contribution in [0, 0.1) is 5.82 Å². The Morgan fingerprint density at radius 2 is 2.27 bits per heavy atom. The first-order valence-electron chi connectivity index (χ1n) is 7.44. The van der Waals surface area contributed by atoms with E-state index in [0.717, 1.165) is 25.6 Å². The van der Waals surface area contributed by atoms with Crippen molar-refractivity contribution >= 4 is 10.9 Å². The van der Waals surface area contributed by atoms with E-state index in [1.165, 1.54) is 12.4 Å². The Labute approximate surface area is 126 Å². The van der Waals surface area contributed by atoms with Gasteiger partial charge >= 0.3 is 6.01 Å². The van der Waals surface area contributed by atoms with Crippen LogP contribution in [-0.4, -0.2) is 51.3 Å². The summed E-state index contributed by atoms with van der Waals surface area (Å²) in [6.45, 7) is 1.72. The molecule has 116 valence electrons. The van der Waals surface area contributed by atoms with Crippen molar-refractivity contribution in [2.75, 3.05) is 19.7 Å². The fourth-order valence-electron chi connectivity index (χ4n) is 3.62.